The van der Waals surface area contributed by atoms with Gasteiger partial charge in [-0.1, -0.05) is 26.0 Å². The van der Waals surface area contributed by atoms with Gasteiger partial charge in [-0.05, 0) is 71.5 Å². The van der Waals surface area contributed by atoms with Gasteiger partial charge in [0.2, 0.25) is 0 Å². The molecule has 1 heterocycles. The summed E-state index contributed by atoms with van der Waals surface area (Å²) >= 11 is 0. The van der Waals surface area contributed by atoms with Crippen LogP contribution in [0.2, 0.25) is 0 Å². The van der Waals surface area contributed by atoms with Crippen molar-refractivity contribution < 1.29 is 28.5 Å². The lowest BCUT2D eigenvalue weighted by atomic mass is 9.91. The first-order valence-corrected chi connectivity index (χ1v) is 12.4. The Morgan fingerprint density at radius 1 is 0.838 bits per heavy atom. The van der Waals surface area contributed by atoms with E-state index in [9.17, 15) is 4.79 Å². The Morgan fingerprint density at radius 3 is 2.08 bits per heavy atom. The third-order valence-electron chi connectivity index (χ3n) is 6.85. The van der Waals surface area contributed by atoms with Crippen molar-refractivity contribution in [2.45, 2.75) is 32.2 Å². The van der Waals surface area contributed by atoms with Crippen molar-refractivity contribution >= 4 is 5.91 Å². The maximum atomic E-state index is 13.8. The van der Waals surface area contributed by atoms with Gasteiger partial charge in [0.15, 0.2) is 23.0 Å². The number of benzene rings is 3. The third-order valence-corrected chi connectivity index (χ3v) is 6.85. The molecule has 0 N–H and O–H groups in total. The molecule has 7 heteroatoms. The summed E-state index contributed by atoms with van der Waals surface area (Å²) in [7, 11) is 6.37. The van der Waals surface area contributed by atoms with Crippen molar-refractivity contribution in [3.8, 4) is 28.7 Å². The summed E-state index contributed by atoms with van der Waals surface area (Å²) < 4.78 is 28.1. The molecule has 0 bridgehead atoms. The summed E-state index contributed by atoms with van der Waals surface area (Å²) in [6.45, 7) is 5.15. The van der Waals surface area contributed by atoms with E-state index >= 15 is 0 Å². The smallest absolute Gasteiger partial charge is 0.254 e. The molecule has 4 rings (SSSR count). The molecule has 3 aromatic rings. The van der Waals surface area contributed by atoms with Crippen molar-refractivity contribution in [2.75, 3.05) is 41.6 Å². The van der Waals surface area contributed by atoms with Gasteiger partial charge in [0, 0.05) is 12.1 Å². The van der Waals surface area contributed by atoms with Gasteiger partial charge in [0.1, 0.15) is 12.4 Å². The Hall–Kier alpha value is -3.87. The van der Waals surface area contributed by atoms with E-state index < -0.39 is 0 Å². The Balaban J connectivity index is 1.69. The van der Waals surface area contributed by atoms with Crippen molar-refractivity contribution in [3.63, 3.8) is 0 Å². The molecule has 3 aromatic carbocycles. The fourth-order valence-corrected chi connectivity index (χ4v) is 4.71. The summed E-state index contributed by atoms with van der Waals surface area (Å²) in [6.07, 6.45) is 0.689. The standard InChI is InChI=1S/C30H35NO6/c1-19(2)20-7-10-23(11-8-20)37-18-25-24-17-29(36-6)28(35-5)15-21(24)13-14-31(25)30(32)22-9-12-26(33-3)27(16-22)34-4/h7-12,15-17,19,25H,13-14,18H2,1-6H3. The predicted molar refractivity (Wildman–Crippen MR) is 143 cm³/mol. The summed E-state index contributed by atoms with van der Waals surface area (Å²) in [6, 6.07) is 17.0. The molecule has 0 saturated heterocycles. The first-order valence-electron chi connectivity index (χ1n) is 12.4. The van der Waals surface area contributed by atoms with E-state index in [2.05, 4.69) is 26.0 Å². The predicted octanol–water partition coefficient (Wildman–Crippen LogP) is 5.66. The van der Waals surface area contributed by atoms with E-state index in [4.69, 9.17) is 23.7 Å². The van der Waals surface area contributed by atoms with E-state index in [0.717, 1.165) is 16.9 Å². The zero-order chi connectivity index (χ0) is 26.5. The van der Waals surface area contributed by atoms with Crippen LogP contribution in [0.25, 0.3) is 0 Å². The molecule has 0 spiro atoms. The van der Waals surface area contributed by atoms with E-state index in [1.807, 2.05) is 29.2 Å². The molecule has 0 fully saturated rings. The number of carbonyl (C=O) groups excluding carboxylic acids is 1. The lowest BCUT2D eigenvalue weighted by Crippen LogP contribution is -2.42. The molecule has 1 atom stereocenters. The Kier molecular flexibility index (Phi) is 8.11. The van der Waals surface area contributed by atoms with Crippen molar-refractivity contribution in [3.05, 3.63) is 76.9 Å². The molecule has 1 amide bonds. The van der Waals surface area contributed by atoms with Gasteiger partial charge in [0.05, 0.1) is 34.5 Å². The number of rotatable bonds is 9. The highest BCUT2D eigenvalue weighted by atomic mass is 16.5. The topological polar surface area (TPSA) is 66.5 Å². The van der Waals surface area contributed by atoms with Crippen LogP contribution in [-0.4, -0.2) is 52.4 Å². The lowest BCUT2D eigenvalue weighted by molar-refractivity contribution is 0.0589. The van der Waals surface area contributed by atoms with Crippen molar-refractivity contribution in [2.24, 2.45) is 0 Å². The molecule has 1 unspecified atom stereocenters. The molecular formula is C30H35NO6. The lowest BCUT2D eigenvalue weighted by Gasteiger charge is -2.37. The fourth-order valence-electron chi connectivity index (χ4n) is 4.71. The Bertz CT molecular complexity index is 1240. The summed E-state index contributed by atoms with van der Waals surface area (Å²) in [5.74, 6) is 3.47. The normalized spacial score (nSPS) is 14.7. The molecule has 37 heavy (non-hydrogen) atoms. The maximum Gasteiger partial charge on any atom is 0.254 e. The van der Waals surface area contributed by atoms with E-state index in [1.165, 1.54) is 5.56 Å². The van der Waals surface area contributed by atoms with Crippen LogP contribution in [0.3, 0.4) is 0 Å². The van der Waals surface area contributed by atoms with Crippen LogP contribution in [-0.2, 0) is 6.42 Å². The summed E-state index contributed by atoms with van der Waals surface area (Å²) in [5, 5.41) is 0. The van der Waals surface area contributed by atoms with Gasteiger partial charge in [-0.15, -0.1) is 0 Å². The van der Waals surface area contributed by atoms with Gasteiger partial charge in [-0.25, -0.2) is 0 Å². The van der Waals surface area contributed by atoms with Crippen LogP contribution in [0.4, 0.5) is 0 Å². The molecule has 196 valence electrons. The summed E-state index contributed by atoms with van der Waals surface area (Å²) in [4.78, 5) is 15.7. The number of fused-ring (bicyclic) bond motifs is 1. The molecular weight excluding hydrogens is 470 g/mol. The Labute approximate surface area is 218 Å². The molecule has 0 radical (unpaired) electrons. The highest BCUT2D eigenvalue weighted by Gasteiger charge is 2.33. The zero-order valence-corrected chi connectivity index (χ0v) is 22.4. The van der Waals surface area contributed by atoms with Gasteiger partial charge in [-0.3, -0.25) is 4.79 Å². The molecule has 1 aliphatic rings. The average Bonchev–Trinajstić information content (AvgIpc) is 2.94. The van der Waals surface area contributed by atoms with Crippen molar-refractivity contribution in [1.82, 2.24) is 4.90 Å². The molecule has 1 aliphatic heterocycles. The third kappa shape index (κ3) is 5.45. The van der Waals surface area contributed by atoms with Gasteiger partial charge >= 0.3 is 0 Å². The largest absolute Gasteiger partial charge is 0.493 e. The van der Waals surface area contributed by atoms with Crippen LogP contribution in [0.1, 0.15) is 52.9 Å². The number of amides is 1. The average molecular weight is 506 g/mol. The minimum atomic E-state index is -0.325. The van der Waals surface area contributed by atoms with Gasteiger partial charge in [0.25, 0.3) is 5.91 Å². The van der Waals surface area contributed by atoms with Crippen LogP contribution in [0.15, 0.2) is 54.6 Å². The Morgan fingerprint density at radius 2 is 1.46 bits per heavy atom. The van der Waals surface area contributed by atoms with Gasteiger partial charge < -0.3 is 28.6 Å². The number of nitrogens with zero attached hydrogens (tertiary/aromatic N) is 1. The van der Waals surface area contributed by atoms with Crippen LogP contribution >= 0.6 is 0 Å². The van der Waals surface area contributed by atoms with Crippen LogP contribution < -0.4 is 23.7 Å². The van der Waals surface area contributed by atoms with Crippen LogP contribution in [0.5, 0.6) is 28.7 Å². The first kappa shape index (κ1) is 26.2. The van der Waals surface area contributed by atoms with Gasteiger partial charge in [-0.2, -0.15) is 0 Å². The second kappa shape index (κ2) is 11.5. The number of ether oxygens (including phenoxy) is 5. The second-order valence-corrected chi connectivity index (χ2v) is 9.27. The first-order chi connectivity index (χ1) is 17.9. The number of methoxy groups -OCH3 is 4. The van der Waals surface area contributed by atoms with E-state index in [-0.39, 0.29) is 11.9 Å². The molecule has 7 nitrogen and oxygen atoms in total. The highest BCUT2D eigenvalue weighted by Crippen LogP contribution is 2.39. The second-order valence-electron chi connectivity index (χ2n) is 9.27. The number of hydrogen-bond donors (Lipinski definition) is 0. The quantitative estimate of drug-likeness (QED) is 0.374. The summed E-state index contributed by atoms with van der Waals surface area (Å²) in [5.41, 5.74) is 3.86. The molecule has 0 aromatic heterocycles. The molecule has 0 saturated carbocycles. The minimum Gasteiger partial charge on any atom is -0.493 e. The minimum absolute atomic E-state index is 0.106. The SMILES string of the molecule is COc1ccc(C(=O)N2CCc3cc(OC)c(OC)cc3C2COc2ccc(C(C)C)cc2)cc1OC. The van der Waals surface area contributed by atoms with E-state index in [0.29, 0.717) is 54.1 Å². The maximum absolute atomic E-state index is 13.8. The number of carbonyl (C=O) groups is 1. The van der Waals surface area contributed by atoms with E-state index in [1.54, 1.807) is 46.6 Å². The van der Waals surface area contributed by atoms with Crippen molar-refractivity contribution in [1.29, 1.82) is 0 Å². The number of hydrogen-bond acceptors (Lipinski definition) is 6. The fraction of sp³-hybridized carbons (Fsp3) is 0.367. The molecule has 0 aliphatic carbocycles. The van der Waals surface area contributed by atoms with Crippen LogP contribution in [0, 0.1) is 0 Å². The zero-order valence-electron chi connectivity index (χ0n) is 22.4. The monoisotopic (exact) mass is 505 g/mol. The highest BCUT2D eigenvalue weighted by molar-refractivity contribution is 5.95.